The number of hydrogen-bond donors (Lipinski definition) is 2. The Morgan fingerprint density at radius 2 is 2.00 bits per heavy atom. The van der Waals surface area contributed by atoms with E-state index in [4.69, 9.17) is 0 Å². The molecule has 0 aromatic heterocycles. The Hall–Kier alpha value is -1.43. The minimum Gasteiger partial charge on any atom is -0.481 e. The van der Waals surface area contributed by atoms with E-state index in [2.05, 4.69) is 21.2 Å². The number of amides is 1. The van der Waals surface area contributed by atoms with Gasteiger partial charge in [-0.3, -0.25) is 9.59 Å². The van der Waals surface area contributed by atoms with Crippen LogP contribution in [0.4, 0.5) is 10.1 Å². The van der Waals surface area contributed by atoms with Crippen LogP contribution in [0, 0.1) is 18.2 Å². The first-order valence-corrected chi connectivity index (χ1v) is 7.62. The molecule has 0 unspecified atom stereocenters. The third kappa shape index (κ3) is 3.43. The first kappa shape index (κ1) is 15.9. The Kier molecular flexibility index (Phi) is 4.66. The van der Waals surface area contributed by atoms with Crippen LogP contribution in [0.15, 0.2) is 16.6 Å². The number of anilines is 1. The van der Waals surface area contributed by atoms with Gasteiger partial charge in [0, 0.05) is 12.1 Å². The number of rotatable bonds is 4. The van der Waals surface area contributed by atoms with Gasteiger partial charge in [-0.15, -0.1) is 0 Å². The maximum absolute atomic E-state index is 13.4. The van der Waals surface area contributed by atoms with E-state index < -0.39 is 17.2 Å². The summed E-state index contributed by atoms with van der Waals surface area (Å²) in [6, 6.07) is 2.81. The third-order valence-electron chi connectivity index (χ3n) is 4.05. The molecule has 0 radical (unpaired) electrons. The van der Waals surface area contributed by atoms with Gasteiger partial charge >= 0.3 is 5.97 Å². The Bertz CT molecular complexity index is 583. The predicted molar refractivity (Wildman–Crippen MR) is 80.6 cm³/mol. The summed E-state index contributed by atoms with van der Waals surface area (Å²) < 4.78 is 13.6. The van der Waals surface area contributed by atoms with Gasteiger partial charge in [-0.1, -0.05) is 12.8 Å². The SMILES string of the molecule is Cc1cc(F)c(Br)cc1NC(=O)CC1(C(=O)O)CCCC1. The minimum atomic E-state index is -0.949. The number of hydrogen-bond acceptors (Lipinski definition) is 2. The molecule has 1 aliphatic carbocycles. The molecule has 1 aromatic carbocycles. The van der Waals surface area contributed by atoms with Crippen molar-refractivity contribution >= 4 is 33.5 Å². The number of halogens is 2. The summed E-state index contributed by atoms with van der Waals surface area (Å²) in [4.78, 5) is 23.6. The normalized spacial score (nSPS) is 16.7. The molecule has 6 heteroatoms. The summed E-state index contributed by atoms with van der Waals surface area (Å²) in [6.45, 7) is 1.69. The molecule has 1 saturated carbocycles. The smallest absolute Gasteiger partial charge is 0.310 e. The highest BCUT2D eigenvalue weighted by Crippen LogP contribution is 2.41. The van der Waals surface area contributed by atoms with Gasteiger partial charge in [-0.2, -0.15) is 0 Å². The number of aryl methyl sites for hydroxylation is 1. The molecule has 21 heavy (non-hydrogen) atoms. The second kappa shape index (κ2) is 6.13. The van der Waals surface area contributed by atoms with Crippen molar-refractivity contribution < 1.29 is 19.1 Å². The molecule has 0 saturated heterocycles. The molecule has 114 valence electrons. The molecule has 1 aliphatic rings. The minimum absolute atomic E-state index is 0.0449. The second-order valence-electron chi connectivity index (χ2n) is 5.60. The van der Waals surface area contributed by atoms with Crippen LogP contribution in [0.5, 0.6) is 0 Å². The van der Waals surface area contributed by atoms with Crippen molar-refractivity contribution in [1.82, 2.24) is 0 Å². The molecule has 1 aromatic rings. The number of carbonyl (C=O) groups excluding carboxylic acids is 1. The van der Waals surface area contributed by atoms with E-state index in [0.29, 0.717) is 24.1 Å². The van der Waals surface area contributed by atoms with E-state index in [1.807, 2.05) is 0 Å². The lowest BCUT2D eigenvalue weighted by atomic mass is 9.82. The predicted octanol–water partition coefficient (Wildman–Crippen LogP) is 3.87. The molecule has 4 nitrogen and oxygen atoms in total. The summed E-state index contributed by atoms with van der Waals surface area (Å²) >= 11 is 3.07. The lowest BCUT2D eigenvalue weighted by Crippen LogP contribution is -2.32. The highest BCUT2D eigenvalue weighted by Gasteiger charge is 2.43. The lowest BCUT2D eigenvalue weighted by Gasteiger charge is -2.23. The quantitative estimate of drug-likeness (QED) is 0.859. The highest BCUT2D eigenvalue weighted by molar-refractivity contribution is 9.10. The fourth-order valence-corrected chi connectivity index (χ4v) is 3.14. The highest BCUT2D eigenvalue weighted by atomic mass is 79.9. The molecule has 1 fully saturated rings. The van der Waals surface area contributed by atoms with Gasteiger partial charge in [0.25, 0.3) is 0 Å². The first-order chi connectivity index (χ1) is 9.84. The van der Waals surface area contributed by atoms with Gasteiger partial charge in [-0.25, -0.2) is 4.39 Å². The van der Waals surface area contributed by atoms with Crippen molar-refractivity contribution in [3.63, 3.8) is 0 Å². The van der Waals surface area contributed by atoms with Crippen molar-refractivity contribution in [3.05, 3.63) is 28.0 Å². The molecule has 0 spiro atoms. The monoisotopic (exact) mass is 357 g/mol. The van der Waals surface area contributed by atoms with E-state index in [1.54, 1.807) is 6.92 Å². The number of carboxylic acid groups (broad SMARTS) is 1. The van der Waals surface area contributed by atoms with Gasteiger partial charge in [0.15, 0.2) is 0 Å². The summed E-state index contributed by atoms with van der Waals surface area (Å²) in [6.07, 6.45) is 2.68. The molecule has 0 bridgehead atoms. The number of benzene rings is 1. The Balaban J connectivity index is 2.12. The van der Waals surface area contributed by atoms with Crippen LogP contribution in [0.1, 0.15) is 37.7 Å². The van der Waals surface area contributed by atoms with Crippen molar-refractivity contribution in [2.75, 3.05) is 5.32 Å². The van der Waals surface area contributed by atoms with Crippen molar-refractivity contribution in [2.45, 2.75) is 39.0 Å². The standard InChI is InChI=1S/C15H17BrFNO3/c1-9-6-11(17)10(16)7-12(9)18-13(19)8-15(14(20)21)4-2-3-5-15/h6-7H,2-5,8H2,1H3,(H,18,19)(H,20,21). The lowest BCUT2D eigenvalue weighted by molar-refractivity contribution is -0.150. The molecule has 0 heterocycles. The first-order valence-electron chi connectivity index (χ1n) is 6.83. The van der Waals surface area contributed by atoms with Crippen LogP contribution in [-0.2, 0) is 9.59 Å². The average Bonchev–Trinajstić information content (AvgIpc) is 2.85. The maximum Gasteiger partial charge on any atom is 0.310 e. The molecule has 2 rings (SSSR count). The largest absolute Gasteiger partial charge is 0.481 e. The van der Waals surface area contributed by atoms with Gasteiger partial charge in [0.05, 0.1) is 9.89 Å². The van der Waals surface area contributed by atoms with Crippen LogP contribution in [0.25, 0.3) is 0 Å². The summed E-state index contributed by atoms with van der Waals surface area (Å²) in [5.74, 6) is -1.66. The van der Waals surface area contributed by atoms with E-state index in [-0.39, 0.29) is 16.8 Å². The van der Waals surface area contributed by atoms with Gasteiger partial charge in [0.1, 0.15) is 5.82 Å². The van der Waals surface area contributed by atoms with E-state index in [1.165, 1.54) is 12.1 Å². The summed E-state index contributed by atoms with van der Waals surface area (Å²) in [5.41, 5.74) is 0.140. The van der Waals surface area contributed by atoms with Crippen LogP contribution >= 0.6 is 15.9 Å². The van der Waals surface area contributed by atoms with E-state index >= 15 is 0 Å². The molecule has 0 atom stereocenters. The molecular formula is C15H17BrFNO3. The Morgan fingerprint density at radius 1 is 1.38 bits per heavy atom. The maximum atomic E-state index is 13.4. The van der Waals surface area contributed by atoms with Gasteiger partial charge in [-0.05, 0) is 53.4 Å². The fourth-order valence-electron chi connectivity index (χ4n) is 2.80. The van der Waals surface area contributed by atoms with Crippen LogP contribution < -0.4 is 5.32 Å². The molecule has 2 N–H and O–H groups in total. The van der Waals surface area contributed by atoms with Crippen molar-refractivity contribution in [1.29, 1.82) is 0 Å². The zero-order chi connectivity index (χ0) is 15.6. The number of carbonyl (C=O) groups is 2. The van der Waals surface area contributed by atoms with Crippen molar-refractivity contribution in [2.24, 2.45) is 5.41 Å². The number of aliphatic carboxylic acids is 1. The number of carboxylic acids is 1. The molecule has 0 aliphatic heterocycles. The molecular weight excluding hydrogens is 341 g/mol. The summed E-state index contributed by atoms with van der Waals surface area (Å²) in [7, 11) is 0. The van der Waals surface area contributed by atoms with E-state index in [0.717, 1.165) is 12.8 Å². The van der Waals surface area contributed by atoms with Crippen LogP contribution in [0.2, 0.25) is 0 Å². The van der Waals surface area contributed by atoms with Crippen molar-refractivity contribution in [3.8, 4) is 0 Å². The second-order valence-corrected chi connectivity index (χ2v) is 6.45. The Morgan fingerprint density at radius 3 is 2.57 bits per heavy atom. The van der Waals surface area contributed by atoms with Crippen LogP contribution in [0.3, 0.4) is 0 Å². The Labute approximate surface area is 130 Å². The zero-order valence-electron chi connectivity index (χ0n) is 11.7. The zero-order valence-corrected chi connectivity index (χ0v) is 13.3. The molecule has 1 amide bonds. The topological polar surface area (TPSA) is 66.4 Å². The van der Waals surface area contributed by atoms with Crippen LogP contribution in [-0.4, -0.2) is 17.0 Å². The number of nitrogens with one attached hydrogen (secondary N) is 1. The third-order valence-corrected chi connectivity index (χ3v) is 4.66. The average molecular weight is 358 g/mol. The fraction of sp³-hybridized carbons (Fsp3) is 0.467. The summed E-state index contributed by atoms with van der Waals surface area (Å²) in [5, 5.41) is 12.1. The van der Waals surface area contributed by atoms with Gasteiger partial charge in [0.2, 0.25) is 5.91 Å². The van der Waals surface area contributed by atoms with Gasteiger partial charge < -0.3 is 10.4 Å². The van der Waals surface area contributed by atoms with E-state index in [9.17, 15) is 19.1 Å².